The van der Waals surface area contributed by atoms with Crippen molar-refractivity contribution in [2.24, 2.45) is 0 Å². The fraction of sp³-hybridized carbons (Fsp3) is 1.00. The summed E-state index contributed by atoms with van der Waals surface area (Å²) in [7, 11) is -0.179. The van der Waals surface area contributed by atoms with Gasteiger partial charge >= 0.3 is 10.4 Å². The molecule has 0 bridgehead atoms. The van der Waals surface area contributed by atoms with E-state index in [0.29, 0.717) is 0 Å². The van der Waals surface area contributed by atoms with Crippen LogP contribution in [0.2, 0.25) is 0 Å². The van der Waals surface area contributed by atoms with Gasteiger partial charge in [0, 0.05) is 6.04 Å². The van der Waals surface area contributed by atoms with Crippen LogP contribution in [0.3, 0.4) is 0 Å². The van der Waals surface area contributed by atoms with Gasteiger partial charge in [-0.2, -0.15) is 8.42 Å². The summed E-state index contributed by atoms with van der Waals surface area (Å²) >= 11 is 0. The Bertz CT molecular complexity index is 310. The lowest BCUT2D eigenvalue weighted by Gasteiger charge is -2.24. The van der Waals surface area contributed by atoms with Crippen LogP contribution in [-0.2, 0) is 10.4 Å². The molecule has 2 N–H and O–H groups in total. The molecule has 0 amide bonds. The summed E-state index contributed by atoms with van der Waals surface area (Å²) in [6.07, 6.45) is 15.5. The van der Waals surface area contributed by atoms with Gasteiger partial charge in [-0.05, 0) is 26.9 Å². The van der Waals surface area contributed by atoms with Crippen molar-refractivity contribution in [2.75, 3.05) is 14.1 Å². The number of hydrogen-bond acceptors (Lipinski definition) is 3. The highest BCUT2D eigenvalue weighted by Crippen LogP contribution is 2.15. The molecule has 0 aromatic carbocycles. The quantitative estimate of drug-likeness (QED) is 0.401. The predicted octanol–water partition coefficient (Wildman–Crippen LogP) is 4.59. The molecule has 0 fully saturated rings. The monoisotopic (exact) mass is 339 g/mol. The van der Waals surface area contributed by atoms with Gasteiger partial charge in [-0.1, -0.05) is 71.6 Å². The molecule has 0 aromatic heterocycles. The Morgan fingerprint density at radius 1 is 0.773 bits per heavy atom. The van der Waals surface area contributed by atoms with Crippen molar-refractivity contribution in [1.82, 2.24) is 4.90 Å². The average molecular weight is 340 g/mol. The van der Waals surface area contributed by atoms with Crippen LogP contribution in [0.5, 0.6) is 0 Å². The van der Waals surface area contributed by atoms with E-state index in [1.807, 2.05) is 0 Å². The molecule has 0 spiro atoms. The van der Waals surface area contributed by atoms with E-state index in [4.69, 9.17) is 17.5 Å². The summed E-state index contributed by atoms with van der Waals surface area (Å²) in [4.78, 5) is 2.43. The first-order valence-corrected chi connectivity index (χ1v) is 9.98. The first kappa shape index (κ1) is 24.1. The molecular formula is C16H37NO4S. The maximum Gasteiger partial charge on any atom is 0.394 e. The Kier molecular flexibility index (Phi) is 17.2. The van der Waals surface area contributed by atoms with E-state index < -0.39 is 10.4 Å². The Morgan fingerprint density at radius 3 is 1.50 bits per heavy atom. The minimum Gasteiger partial charge on any atom is -0.306 e. The van der Waals surface area contributed by atoms with Gasteiger partial charge in [0.2, 0.25) is 0 Å². The Labute approximate surface area is 138 Å². The number of rotatable bonds is 12. The Balaban J connectivity index is 0. The molecule has 0 heterocycles. The second-order valence-corrected chi connectivity index (χ2v) is 7.01. The van der Waals surface area contributed by atoms with Crippen molar-refractivity contribution in [2.45, 2.75) is 90.5 Å². The van der Waals surface area contributed by atoms with Crippen molar-refractivity contribution in [3.63, 3.8) is 0 Å². The van der Waals surface area contributed by atoms with E-state index in [-0.39, 0.29) is 0 Å². The van der Waals surface area contributed by atoms with Crippen molar-refractivity contribution in [3.05, 3.63) is 0 Å². The van der Waals surface area contributed by atoms with Crippen LogP contribution in [0.1, 0.15) is 84.5 Å². The lowest BCUT2D eigenvalue weighted by molar-refractivity contribution is 0.252. The smallest absolute Gasteiger partial charge is 0.306 e. The molecule has 1 atom stereocenters. The Hall–Kier alpha value is -0.170. The topological polar surface area (TPSA) is 77.8 Å². The first-order valence-electron chi connectivity index (χ1n) is 8.58. The molecule has 0 saturated carbocycles. The van der Waals surface area contributed by atoms with E-state index in [2.05, 4.69) is 32.8 Å². The number of nitrogens with zero attached hydrogens (tertiary/aromatic N) is 1. The zero-order valence-electron chi connectivity index (χ0n) is 14.9. The summed E-state index contributed by atoms with van der Waals surface area (Å²) in [5.41, 5.74) is 0. The minimum atomic E-state index is -4.67. The third-order valence-electron chi connectivity index (χ3n) is 3.76. The molecule has 0 aliphatic heterocycles. The van der Waals surface area contributed by atoms with Crippen molar-refractivity contribution in [1.29, 1.82) is 0 Å². The molecule has 0 aliphatic rings. The van der Waals surface area contributed by atoms with Crippen LogP contribution in [0.15, 0.2) is 0 Å². The van der Waals surface area contributed by atoms with Gasteiger partial charge in [0.15, 0.2) is 0 Å². The van der Waals surface area contributed by atoms with E-state index in [9.17, 15) is 0 Å². The molecule has 0 rings (SSSR count). The minimum absolute atomic E-state index is 0.827. The van der Waals surface area contributed by atoms with Gasteiger partial charge < -0.3 is 4.90 Å². The van der Waals surface area contributed by atoms with Crippen LogP contribution < -0.4 is 0 Å². The first-order chi connectivity index (χ1) is 10.2. The molecule has 1 unspecified atom stereocenters. The maximum absolute atomic E-state index is 8.74. The van der Waals surface area contributed by atoms with Crippen LogP contribution in [0.4, 0.5) is 0 Å². The van der Waals surface area contributed by atoms with Crippen molar-refractivity contribution >= 4 is 10.4 Å². The zero-order chi connectivity index (χ0) is 17.4. The van der Waals surface area contributed by atoms with Gasteiger partial charge in [-0.15, -0.1) is 0 Å². The van der Waals surface area contributed by atoms with Gasteiger partial charge in [0.05, 0.1) is 0 Å². The molecule has 0 aliphatic carbocycles. The van der Waals surface area contributed by atoms with E-state index in [0.717, 1.165) is 6.04 Å². The SMILES string of the molecule is CCCCCCCCC(CCCCC)N(C)C.O=S(=O)(O)O. The molecule has 0 aromatic rings. The van der Waals surface area contributed by atoms with Gasteiger partial charge in [-0.3, -0.25) is 9.11 Å². The lowest BCUT2D eigenvalue weighted by Crippen LogP contribution is -2.27. The highest BCUT2D eigenvalue weighted by Gasteiger charge is 2.09. The maximum atomic E-state index is 8.74. The predicted molar refractivity (Wildman–Crippen MR) is 93.8 cm³/mol. The molecule has 5 nitrogen and oxygen atoms in total. The summed E-state index contributed by atoms with van der Waals surface area (Å²) in [6.45, 7) is 4.58. The average Bonchev–Trinajstić information content (AvgIpc) is 2.38. The van der Waals surface area contributed by atoms with Crippen LogP contribution in [-0.4, -0.2) is 42.6 Å². The van der Waals surface area contributed by atoms with Gasteiger partial charge in [-0.25, -0.2) is 0 Å². The summed E-state index contributed by atoms with van der Waals surface area (Å²) in [5.74, 6) is 0. The number of unbranched alkanes of at least 4 members (excludes halogenated alkanes) is 7. The van der Waals surface area contributed by atoms with Crippen LogP contribution in [0, 0.1) is 0 Å². The molecule has 22 heavy (non-hydrogen) atoms. The largest absolute Gasteiger partial charge is 0.394 e. The van der Waals surface area contributed by atoms with E-state index >= 15 is 0 Å². The van der Waals surface area contributed by atoms with E-state index in [1.165, 1.54) is 70.6 Å². The fourth-order valence-corrected chi connectivity index (χ4v) is 2.45. The third-order valence-corrected chi connectivity index (χ3v) is 3.76. The second kappa shape index (κ2) is 15.7. The molecule has 6 heteroatoms. The third kappa shape index (κ3) is 24.8. The fourth-order valence-electron chi connectivity index (χ4n) is 2.45. The highest BCUT2D eigenvalue weighted by molar-refractivity contribution is 7.79. The molecular weight excluding hydrogens is 302 g/mol. The van der Waals surface area contributed by atoms with Crippen LogP contribution >= 0.6 is 0 Å². The van der Waals surface area contributed by atoms with Gasteiger partial charge in [0.1, 0.15) is 0 Å². The summed E-state index contributed by atoms with van der Waals surface area (Å²) in [5, 5.41) is 0. The van der Waals surface area contributed by atoms with Crippen LogP contribution in [0.25, 0.3) is 0 Å². The lowest BCUT2D eigenvalue weighted by atomic mass is 10.0. The van der Waals surface area contributed by atoms with E-state index in [1.54, 1.807) is 0 Å². The molecule has 0 radical (unpaired) electrons. The van der Waals surface area contributed by atoms with Gasteiger partial charge in [0.25, 0.3) is 0 Å². The highest BCUT2D eigenvalue weighted by atomic mass is 32.3. The summed E-state index contributed by atoms with van der Waals surface area (Å²) in [6, 6.07) is 0.827. The molecule has 0 saturated heterocycles. The normalized spacial score (nSPS) is 12.9. The summed E-state index contributed by atoms with van der Waals surface area (Å²) < 4.78 is 31.6. The standard InChI is InChI=1S/C16H35N.H2O4S/c1-5-7-9-10-11-13-15-16(17(3)4)14-12-8-6-2;1-5(2,3)4/h16H,5-15H2,1-4H3;(H2,1,2,3,4). The molecule has 136 valence electrons. The Morgan fingerprint density at radius 2 is 1.09 bits per heavy atom. The zero-order valence-corrected chi connectivity index (χ0v) is 15.7. The van der Waals surface area contributed by atoms with Crippen molar-refractivity contribution < 1.29 is 17.5 Å². The number of hydrogen-bond donors (Lipinski definition) is 2. The van der Waals surface area contributed by atoms with Crippen molar-refractivity contribution in [3.8, 4) is 0 Å². The second-order valence-electron chi connectivity index (χ2n) is 6.12.